The lowest BCUT2D eigenvalue weighted by Gasteiger charge is -2.38. The molecule has 0 N–H and O–H groups in total. The van der Waals surface area contributed by atoms with Gasteiger partial charge in [-0.15, -0.1) is 0 Å². The van der Waals surface area contributed by atoms with E-state index in [1.165, 1.54) is 0 Å². The molecule has 6 aliphatic rings. The predicted octanol–water partition coefficient (Wildman–Crippen LogP) is 0.605. The fraction of sp³-hybridized carbons (Fsp3) is 1.00. The van der Waals surface area contributed by atoms with Crippen molar-refractivity contribution in [3.63, 3.8) is 0 Å². The molecule has 6 saturated heterocycles. The van der Waals surface area contributed by atoms with Gasteiger partial charge in [-0.3, -0.25) is 0 Å². The quantitative estimate of drug-likeness (QED) is 0.572. The maximum Gasteiger partial charge on any atom is 0.155 e. The van der Waals surface area contributed by atoms with E-state index in [0.717, 1.165) is 0 Å². The highest BCUT2D eigenvalue weighted by Gasteiger charge is 2.59. The smallest absolute Gasteiger partial charge is 0.155 e. The Bertz CT molecular complexity index is 485. The maximum atomic E-state index is 5.72. The van der Waals surface area contributed by atoms with E-state index in [4.69, 9.17) is 37.9 Å². The van der Waals surface area contributed by atoms with Gasteiger partial charge in [-0.1, -0.05) is 0 Å². The van der Waals surface area contributed by atoms with Crippen LogP contribution in [0.2, 0.25) is 0 Å². The minimum atomic E-state index is -0.122. The van der Waals surface area contributed by atoms with Crippen LogP contribution < -0.4 is 0 Å². The molecule has 0 aliphatic carbocycles. The minimum absolute atomic E-state index is 0.0648. The summed E-state index contributed by atoms with van der Waals surface area (Å²) in [5, 5.41) is 0. The van der Waals surface area contributed by atoms with Crippen LogP contribution >= 0.6 is 0 Å². The van der Waals surface area contributed by atoms with E-state index < -0.39 is 0 Å². The molecule has 6 aliphatic heterocycles. The fourth-order valence-corrected chi connectivity index (χ4v) is 4.42. The number of epoxide rings is 2. The monoisotopic (exact) mass is 372 g/mol. The zero-order valence-corrected chi connectivity index (χ0v) is 15.6. The maximum absolute atomic E-state index is 5.72. The SMILES string of the molecule is CC1OCC2OC(C)C3OC3C2O1.CC1OCC2OC(C)C3OC3C2O1. The Morgan fingerprint density at radius 2 is 0.885 bits per heavy atom. The lowest BCUT2D eigenvalue weighted by molar-refractivity contribution is -0.270. The van der Waals surface area contributed by atoms with Gasteiger partial charge in [-0.25, -0.2) is 0 Å². The Labute approximate surface area is 153 Å². The third-order valence-electron chi connectivity index (χ3n) is 5.90. The first kappa shape index (κ1) is 17.8. The largest absolute Gasteiger partial charge is 0.367 e. The van der Waals surface area contributed by atoms with Gasteiger partial charge in [0.1, 0.15) is 48.8 Å². The third kappa shape index (κ3) is 3.20. The molecule has 6 fully saturated rings. The van der Waals surface area contributed by atoms with Crippen molar-refractivity contribution >= 4 is 0 Å². The topological polar surface area (TPSA) is 80.4 Å². The van der Waals surface area contributed by atoms with Crippen LogP contribution in [0.5, 0.6) is 0 Å². The van der Waals surface area contributed by atoms with E-state index in [1.807, 2.05) is 27.7 Å². The molecule has 26 heavy (non-hydrogen) atoms. The Morgan fingerprint density at radius 3 is 1.31 bits per heavy atom. The molecule has 6 heterocycles. The molecule has 8 nitrogen and oxygen atoms in total. The first-order valence-corrected chi connectivity index (χ1v) is 9.67. The summed E-state index contributed by atoms with van der Waals surface area (Å²) in [6, 6.07) is 0. The Kier molecular flexibility index (Phi) is 4.53. The zero-order chi connectivity index (χ0) is 18.0. The normalized spacial score (nSPS) is 59.5. The van der Waals surface area contributed by atoms with E-state index in [9.17, 15) is 0 Å². The van der Waals surface area contributed by atoms with Crippen molar-refractivity contribution < 1.29 is 37.9 Å². The highest BCUT2D eigenvalue weighted by Crippen LogP contribution is 2.41. The average Bonchev–Trinajstić information content (AvgIpc) is 3.50. The average molecular weight is 372 g/mol. The van der Waals surface area contributed by atoms with Crippen LogP contribution in [0.1, 0.15) is 27.7 Å². The molecular weight excluding hydrogens is 344 g/mol. The molecule has 0 aromatic rings. The summed E-state index contributed by atoms with van der Waals surface area (Å²) < 4.78 is 44.4. The van der Waals surface area contributed by atoms with Gasteiger partial charge >= 0.3 is 0 Å². The van der Waals surface area contributed by atoms with Crippen molar-refractivity contribution in [2.45, 2.75) is 101 Å². The Balaban J connectivity index is 0.000000115. The highest BCUT2D eigenvalue weighted by atomic mass is 16.7. The van der Waals surface area contributed by atoms with Crippen molar-refractivity contribution in [3.8, 4) is 0 Å². The molecule has 0 aromatic heterocycles. The van der Waals surface area contributed by atoms with Gasteiger partial charge in [0.2, 0.25) is 0 Å². The summed E-state index contributed by atoms with van der Waals surface area (Å²) in [7, 11) is 0. The lowest BCUT2D eigenvalue weighted by atomic mass is 10.0. The summed E-state index contributed by atoms with van der Waals surface area (Å²) in [4.78, 5) is 0. The summed E-state index contributed by atoms with van der Waals surface area (Å²) in [6.45, 7) is 9.15. The summed E-state index contributed by atoms with van der Waals surface area (Å²) in [5.74, 6) is 0. The summed E-state index contributed by atoms with van der Waals surface area (Å²) in [5.41, 5.74) is 0. The molecule has 0 amide bonds. The molecular formula is C18H28O8. The van der Waals surface area contributed by atoms with Gasteiger partial charge < -0.3 is 37.9 Å². The summed E-state index contributed by atoms with van der Waals surface area (Å²) >= 11 is 0. The van der Waals surface area contributed by atoms with Crippen LogP contribution in [0.3, 0.4) is 0 Å². The number of ether oxygens (including phenoxy) is 8. The van der Waals surface area contributed by atoms with E-state index in [-0.39, 0.29) is 73.6 Å². The molecule has 12 atom stereocenters. The zero-order valence-electron chi connectivity index (χ0n) is 15.6. The van der Waals surface area contributed by atoms with Crippen LogP contribution in [0.4, 0.5) is 0 Å². The third-order valence-corrected chi connectivity index (χ3v) is 5.90. The molecule has 148 valence electrons. The Hall–Kier alpha value is -0.320. The van der Waals surface area contributed by atoms with Gasteiger partial charge in [0.25, 0.3) is 0 Å². The van der Waals surface area contributed by atoms with E-state index in [1.54, 1.807) is 0 Å². The van der Waals surface area contributed by atoms with E-state index >= 15 is 0 Å². The molecule has 6 rings (SSSR count). The molecule has 8 heteroatoms. The second kappa shape index (κ2) is 6.63. The molecule has 12 unspecified atom stereocenters. The van der Waals surface area contributed by atoms with Gasteiger partial charge in [-0.05, 0) is 27.7 Å². The van der Waals surface area contributed by atoms with Crippen molar-refractivity contribution in [2.24, 2.45) is 0 Å². The van der Waals surface area contributed by atoms with Crippen molar-refractivity contribution in [3.05, 3.63) is 0 Å². The van der Waals surface area contributed by atoms with Crippen LogP contribution in [-0.2, 0) is 37.9 Å². The fourth-order valence-electron chi connectivity index (χ4n) is 4.42. The second-order valence-electron chi connectivity index (χ2n) is 7.89. The minimum Gasteiger partial charge on any atom is -0.367 e. The number of hydrogen-bond donors (Lipinski definition) is 0. The number of rotatable bonds is 0. The van der Waals surface area contributed by atoms with Crippen LogP contribution in [0.15, 0.2) is 0 Å². The molecule has 0 radical (unpaired) electrons. The van der Waals surface area contributed by atoms with Crippen LogP contribution in [0, 0.1) is 0 Å². The van der Waals surface area contributed by atoms with Crippen molar-refractivity contribution in [1.29, 1.82) is 0 Å². The number of hydrogen-bond acceptors (Lipinski definition) is 8. The van der Waals surface area contributed by atoms with Gasteiger partial charge in [-0.2, -0.15) is 0 Å². The van der Waals surface area contributed by atoms with Gasteiger partial charge in [0, 0.05) is 0 Å². The molecule has 0 spiro atoms. The highest BCUT2D eigenvalue weighted by molar-refractivity contribution is 5.04. The first-order chi connectivity index (χ1) is 12.5. The molecule has 0 bridgehead atoms. The molecule has 0 aromatic carbocycles. The first-order valence-electron chi connectivity index (χ1n) is 9.67. The number of fused-ring (bicyclic) bond motifs is 6. The summed E-state index contributed by atoms with van der Waals surface area (Å²) in [6.07, 6.45) is 1.45. The van der Waals surface area contributed by atoms with Crippen LogP contribution in [0.25, 0.3) is 0 Å². The van der Waals surface area contributed by atoms with Gasteiger partial charge in [0.05, 0.1) is 25.4 Å². The van der Waals surface area contributed by atoms with Gasteiger partial charge in [0.15, 0.2) is 12.6 Å². The standard InChI is InChI=1S/2C9H14O4/c2*1-4-7-9(13-7)8-6(11-4)3-10-5(2)12-8/h2*4-9H,3H2,1-2H3. The van der Waals surface area contributed by atoms with Crippen LogP contribution in [-0.4, -0.2) is 86.8 Å². The Morgan fingerprint density at radius 1 is 0.462 bits per heavy atom. The van der Waals surface area contributed by atoms with E-state index in [0.29, 0.717) is 13.2 Å². The lowest BCUT2D eigenvalue weighted by Crippen LogP contribution is -2.52. The predicted molar refractivity (Wildman–Crippen MR) is 86.6 cm³/mol. The van der Waals surface area contributed by atoms with E-state index in [2.05, 4.69) is 0 Å². The molecule has 0 saturated carbocycles. The van der Waals surface area contributed by atoms with Crippen molar-refractivity contribution in [1.82, 2.24) is 0 Å². The second-order valence-corrected chi connectivity index (χ2v) is 7.89. The van der Waals surface area contributed by atoms with Crippen molar-refractivity contribution in [2.75, 3.05) is 13.2 Å².